The van der Waals surface area contributed by atoms with Gasteiger partial charge in [0, 0.05) is 51.0 Å². The maximum absolute atomic E-state index is 12.9. The van der Waals surface area contributed by atoms with Gasteiger partial charge in [-0.2, -0.15) is 0 Å². The Bertz CT molecular complexity index is 879. The van der Waals surface area contributed by atoms with Crippen molar-refractivity contribution in [1.82, 2.24) is 24.4 Å². The Kier molecular flexibility index (Phi) is 3.68. The molecule has 124 valence electrons. The number of aryl methyl sites for hydroxylation is 2. The van der Waals surface area contributed by atoms with E-state index in [9.17, 15) is 4.79 Å². The molecule has 4 rings (SSSR count). The minimum atomic E-state index is 0.0271. The first-order valence-corrected chi connectivity index (χ1v) is 8.75. The van der Waals surface area contributed by atoms with Crippen molar-refractivity contribution in [1.29, 1.82) is 0 Å². The van der Waals surface area contributed by atoms with Crippen LogP contribution in [0.25, 0.3) is 11.2 Å². The molecule has 0 radical (unpaired) electrons. The molecule has 0 aliphatic carbocycles. The van der Waals surface area contributed by atoms with Crippen LogP contribution in [0.15, 0.2) is 23.8 Å². The van der Waals surface area contributed by atoms with Crippen molar-refractivity contribution in [2.45, 2.75) is 6.92 Å². The smallest absolute Gasteiger partial charge is 0.256 e. The number of amides is 1. The third-order valence-electron chi connectivity index (χ3n) is 4.47. The van der Waals surface area contributed by atoms with Crippen molar-refractivity contribution in [2.24, 2.45) is 7.05 Å². The summed E-state index contributed by atoms with van der Waals surface area (Å²) in [4.78, 5) is 30.3. The predicted molar refractivity (Wildman–Crippen MR) is 93.5 cm³/mol. The van der Waals surface area contributed by atoms with Gasteiger partial charge in [-0.3, -0.25) is 4.79 Å². The van der Waals surface area contributed by atoms with Crippen molar-refractivity contribution in [3.63, 3.8) is 0 Å². The van der Waals surface area contributed by atoms with Crippen LogP contribution in [0.3, 0.4) is 0 Å². The van der Waals surface area contributed by atoms with Crippen LogP contribution in [0.4, 0.5) is 5.13 Å². The van der Waals surface area contributed by atoms with E-state index in [-0.39, 0.29) is 5.91 Å². The number of carbonyl (C=O) groups excluding carboxylic acids is 1. The van der Waals surface area contributed by atoms with Crippen molar-refractivity contribution in [3.05, 3.63) is 35.2 Å². The summed E-state index contributed by atoms with van der Waals surface area (Å²) in [7, 11) is 1.92. The summed E-state index contributed by atoms with van der Waals surface area (Å²) in [6.07, 6.45) is 3.50. The van der Waals surface area contributed by atoms with Crippen molar-refractivity contribution in [3.8, 4) is 0 Å². The van der Waals surface area contributed by atoms with E-state index in [2.05, 4.69) is 19.9 Å². The molecule has 0 saturated carbocycles. The van der Waals surface area contributed by atoms with Gasteiger partial charge in [-0.05, 0) is 13.0 Å². The molecule has 0 aromatic carbocycles. The Balaban J connectivity index is 1.56. The highest BCUT2D eigenvalue weighted by Gasteiger charge is 2.25. The summed E-state index contributed by atoms with van der Waals surface area (Å²) in [5.41, 5.74) is 2.07. The summed E-state index contributed by atoms with van der Waals surface area (Å²) in [5, 5.41) is 3.00. The highest BCUT2D eigenvalue weighted by molar-refractivity contribution is 7.13. The quantitative estimate of drug-likeness (QED) is 0.709. The van der Waals surface area contributed by atoms with Crippen molar-refractivity contribution >= 4 is 33.5 Å². The molecule has 1 aliphatic rings. The lowest BCUT2D eigenvalue weighted by Crippen LogP contribution is -2.48. The van der Waals surface area contributed by atoms with Crippen LogP contribution in [0.1, 0.15) is 16.2 Å². The molecule has 0 N–H and O–H groups in total. The molecule has 24 heavy (non-hydrogen) atoms. The Labute approximate surface area is 143 Å². The summed E-state index contributed by atoms with van der Waals surface area (Å²) < 4.78 is 1.91. The summed E-state index contributed by atoms with van der Waals surface area (Å²) >= 11 is 1.63. The standard InChI is InChI=1S/C16H18N6OS/c1-11-19-13-12(3-4-17-14(13)20(11)2)15(23)21-6-8-22(9-7-21)16-18-5-10-24-16/h3-5,10H,6-9H2,1-2H3. The summed E-state index contributed by atoms with van der Waals surface area (Å²) in [5.74, 6) is 0.880. The van der Waals surface area contributed by atoms with Crippen LogP contribution in [-0.4, -0.2) is 56.5 Å². The summed E-state index contributed by atoms with van der Waals surface area (Å²) in [6, 6.07) is 1.77. The van der Waals surface area contributed by atoms with E-state index >= 15 is 0 Å². The lowest BCUT2D eigenvalue weighted by molar-refractivity contribution is 0.0748. The van der Waals surface area contributed by atoms with Crippen molar-refractivity contribution in [2.75, 3.05) is 31.1 Å². The van der Waals surface area contributed by atoms with Gasteiger partial charge in [0.2, 0.25) is 0 Å². The monoisotopic (exact) mass is 342 g/mol. The predicted octanol–water partition coefficient (Wildman–Crippen LogP) is 1.70. The number of nitrogens with zero attached hydrogens (tertiary/aromatic N) is 6. The van der Waals surface area contributed by atoms with Gasteiger partial charge in [0.05, 0.1) is 5.56 Å². The largest absolute Gasteiger partial charge is 0.345 e. The van der Waals surface area contributed by atoms with Crippen LogP contribution in [0.5, 0.6) is 0 Å². The minimum absolute atomic E-state index is 0.0271. The average molecular weight is 342 g/mol. The molecule has 3 aromatic heterocycles. The van der Waals surface area contributed by atoms with Gasteiger partial charge in [-0.25, -0.2) is 15.0 Å². The zero-order valence-electron chi connectivity index (χ0n) is 13.6. The first-order chi connectivity index (χ1) is 11.6. The average Bonchev–Trinajstić information content (AvgIpc) is 3.24. The minimum Gasteiger partial charge on any atom is -0.345 e. The van der Waals surface area contributed by atoms with Gasteiger partial charge in [0.15, 0.2) is 10.8 Å². The van der Waals surface area contributed by atoms with Crippen LogP contribution in [0, 0.1) is 6.92 Å². The number of aromatic nitrogens is 4. The lowest BCUT2D eigenvalue weighted by Gasteiger charge is -2.34. The molecular formula is C16H18N6OS. The molecule has 1 amide bonds. The summed E-state index contributed by atoms with van der Waals surface area (Å²) in [6.45, 7) is 4.90. The third kappa shape index (κ3) is 2.43. The van der Waals surface area contributed by atoms with Crippen LogP contribution in [-0.2, 0) is 7.05 Å². The fourth-order valence-corrected chi connectivity index (χ4v) is 3.70. The molecule has 4 heterocycles. The fraction of sp³-hybridized carbons (Fsp3) is 0.375. The van der Waals surface area contributed by atoms with E-state index < -0.39 is 0 Å². The zero-order valence-corrected chi connectivity index (χ0v) is 14.5. The number of pyridine rings is 1. The van der Waals surface area contributed by atoms with Crippen LogP contribution >= 0.6 is 11.3 Å². The number of imidazole rings is 1. The molecule has 1 saturated heterocycles. The maximum Gasteiger partial charge on any atom is 0.256 e. The SMILES string of the molecule is Cc1nc2c(C(=O)N3CCN(c4nccs4)CC3)ccnc2n1C. The fourth-order valence-electron chi connectivity index (χ4n) is 3.00. The molecule has 8 heteroatoms. The zero-order chi connectivity index (χ0) is 16.7. The molecule has 3 aromatic rings. The molecule has 0 atom stereocenters. The van der Waals surface area contributed by atoms with E-state index in [1.165, 1.54) is 0 Å². The number of hydrogen-bond donors (Lipinski definition) is 0. The Morgan fingerprint density at radius 2 is 1.96 bits per heavy atom. The Morgan fingerprint density at radius 1 is 1.17 bits per heavy atom. The Morgan fingerprint density at radius 3 is 2.67 bits per heavy atom. The van der Waals surface area contributed by atoms with E-state index in [0.29, 0.717) is 24.2 Å². The van der Waals surface area contributed by atoms with Crippen molar-refractivity contribution < 1.29 is 4.79 Å². The number of carbonyl (C=O) groups is 1. The number of anilines is 1. The van der Waals surface area contributed by atoms with Gasteiger partial charge < -0.3 is 14.4 Å². The maximum atomic E-state index is 12.9. The molecule has 1 fully saturated rings. The van der Waals surface area contributed by atoms with Crippen LogP contribution in [0.2, 0.25) is 0 Å². The molecule has 0 unspecified atom stereocenters. The second kappa shape index (κ2) is 5.86. The highest BCUT2D eigenvalue weighted by atomic mass is 32.1. The van der Waals surface area contributed by atoms with Gasteiger partial charge in [0.25, 0.3) is 5.91 Å². The lowest BCUT2D eigenvalue weighted by atomic mass is 10.2. The van der Waals surface area contributed by atoms with E-state index in [4.69, 9.17) is 0 Å². The topological polar surface area (TPSA) is 67.2 Å². The van der Waals surface area contributed by atoms with Gasteiger partial charge in [0.1, 0.15) is 11.3 Å². The van der Waals surface area contributed by atoms with Gasteiger partial charge in [-0.1, -0.05) is 0 Å². The first-order valence-electron chi connectivity index (χ1n) is 7.87. The normalized spacial score (nSPS) is 15.2. The first kappa shape index (κ1) is 15.1. The number of fused-ring (bicyclic) bond motifs is 1. The molecular weight excluding hydrogens is 324 g/mol. The van der Waals surface area contributed by atoms with Gasteiger partial charge in [-0.15, -0.1) is 11.3 Å². The molecule has 1 aliphatic heterocycles. The molecule has 0 bridgehead atoms. The molecule has 0 spiro atoms. The number of hydrogen-bond acceptors (Lipinski definition) is 6. The highest BCUT2D eigenvalue weighted by Crippen LogP contribution is 2.22. The third-order valence-corrected chi connectivity index (χ3v) is 5.30. The van der Waals surface area contributed by atoms with Gasteiger partial charge >= 0.3 is 0 Å². The number of thiazole rings is 1. The van der Waals surface area contributed by atoms with Crippen LogP contribution < -0.4 is 4.90 Å². The van der Waals surface area contributed by atoms with E-state index in [0.717, 1.165) is 29.7 Å². The number of piperazine rings is 1. The van der Waals surface area contributed by atoms with E-state index in [1.54, 1.807) is 23.6 Å². The second-order valence-electron chi connectivity index (χ2n) is 5.84. The molecule has 7 nitrogen and oxygen atoms in total. The number of rotatable bonds is 2. The second-order valence-corrected chi connectivity index (χ2v) is 6.72. The van der Waals surface area contributed by atoms with E-state index in [1.807, 2.05) is 35.0 Å². The Hall–Kier alpha value is -2.48.